The first kappa shape index (κ1) is 19.0. The molecule has 0 aromatic carbocycles. The molecular formula is C17H28O3. The molecule has 3 heteroatoms. The lowest BCUT2D eigenvalue weighted by atomic mass is 10.0. The first-order valence-electron chi connectivity index (χ1n) is 7.67. The topological polar surface area (TPSA) is 60.7 Å². The average Bonchev–Trinajstić information content (AvgIpc) is 2.46. The Balaban J connectivity index is 3.83. The van der Waals surface area contributed by atoms with Crippen LogP contribution in [0.25, 0.3) is 0 Å². The van der Waals surface area contributed by atoms with Crippen molar-refractivity contribution in [3.63, 3.8) is 0 Å². The molecule has 0 radical (unpaired) electrons. The molecule has 0 rings (SSSR count). The van der Waals surface area contributed by atoms with E-state index < -0.39 is 18.3 Å². The minimum Gasteiger partial charge on any atom is -0.389 e. The van der Waals surface area contributed by atoms with Crippen LogP contribution in [0, 0.1) is 23.7 Å². The molecule has 3 atom stereocenters. The van der Waals surface area contributed by atoms with Crippen LogP contribution in [0.5, 0.6) is 0 Å². The van der Waals surface area contributed by atoms with Gasteiger partial charge in [-0.05, 0) is 24.7 Å². The standard InChI is InChI=1S/C17H28O3/c1-3-5-6-7-8-9-13-16(19)17(20)14-11-10-12-15(18)4-2/h15-20H,3-9,13H2,1-2H3/t15-,16+,17+/m0/s1. The molecule has 0 bridgehead atoms. The highest BCUT2D eigenvalue weighted by molar-refractivity contribution is 5.28. The van der Waals surface area contributed by atoms with E-state index in [0.29, 0.717) is 12.8 Å². The summed E-state index contributed by atoms with van der Waals surface area (Å²) >= 11 is 0. The Morgan fingerprint density at radius 3 is 2.05 bits per heavy atom. The van der Waals surface area contributed by atoms with E-state index in [9.17, 15) is 15.3 Å². The highest BCUT2D eigenvalue weighted by Crippen LogP contribution is 2.10. The van der Waals surface area contributed by atoms with Crippen molar-refractivity contribution in [3.8, 4) is 23.7 Å². The van der Waals surface area contributed by atoms with Crippen LogP contribution >= 0.6 is 0 Å². The zero-order valence-electron chi connectivity index (χ0n) is 12.7. The van der Waals surface area contributed by atoms with E-state index >= 15 is 0 Å². The van der Waals surface area contributed by atoms with Crippen molar-refractivity contribution in [2.75, 3.05) is 0 Å². The number of aliphatic hydroxyl groups is 3. The molecule has 0 aliphatic carbocycles. The normalized spacial score (nSPS) is 14.4. The fourth-order valence-electron chi connectivity index (χ4n) is 1.72. The lowest BCUT2D eigenvalue weighted by molar-refractivity contribution is 0.0469. The van der Waals surface area contributed by atoms with Crippen LogP contribution < -0.4 is 0 Å². The zero-order valence-corrected chi connectivity index (χ0v) is 12.7. The Morgan fingerprint density at radius 2 is 1.40 bits per heavy atom. The average molecular weight is 280 g/mol. The molecule has 0 unspecified atom stereocenters. The summed E-state index contributed by atoms with van der Waals surface area (Å²) in [5.41, 5.74) is 0. The van der Waals surface area contributed by atoms with E-state index in [1.54, 1.807) is 0 Å². The van der Waals surface area contributed by atoms with Crippen molar-refractivity contribution >= 4 is 0 Å². The number of unbranched alkanes of at least 4 members (excludes halogenated alkanes) is 5. The van der Waals surface area contributed by atoms with Gasteiger partial charge in [-0.3, -0.25) is 0 Å². The van der Waals surface area contributed by atoms with Gasteiger partial charge in [-0.2, -0.15) is 0 Å². The van der Waals surface area contributed by atoms with Gasteiger partial charge < -0.3 is 15.3 Å². The molecule has 20 heavy (non-hydrogen) atoms. The van der Waals surface area contributed by atoms with Gasteiger partial charge in [-0.1, -0.05) is 64.2 Å². The molecule has 114 valence electrons. The number of aliphatic hydroxyl groups excluding tert-OH is 3. The summed E-state index contributed by atoms with van der Waals surface area (Å²) in [7, 11) is 0. The molecule has 0 heterocycles. The van der Waals surface area contributed by atoms with Crippen LogP contribution in [0.3, 0.4) is 0 Å². The van der Waals surface area contributed by atoms with Gasteiger partial charge in [0.05, 0.1) is 6.10 Å². The minimum atomic E-state index is -1.06. The van der Waals surface area contributed by atoms with E-state index in [1.165, 1.54) is 25.7 Å². The van der Waals surface area contributed by atoms with Crippen molar-refractivity contribution in [1.29, 1.82) is 0 Å². The summed E-state index contributed by atoms with van der Waals surface area (Å²) < 4.78 is 0. The minimum absolute atomic E-state index is 0.553. The second-order valence-electron chi connectivity index (χ2n) is 5.03. The number of hydrogen-bond acceptors (Lipinski definition) is 3. The second kappa shape index (κ2) is 13.0. The number of hydrogen-bond donors (Lipinski definition) is 3. The van der Waals surface area contributed by atoms with Crippen LogP contribution in [-0.2, 0) is 0 Å². The lowest BCUT2D eigenvalue weighted by Gasteiger charge is -2.12. The Bertz CT molecular complexity index is 343. The maximum atomic E-state index is 9.73. The molecule has 0 aromatic heterocycles. The van der Waals surface area contributed by atoms with Crippen LogP contribution in [0.2, 0.25) is 0 Å². The van der Waals surface area contributed by atoms with Gasteiger partial charge in [0.1, 0.15) is 12.2 Å². The summed E-state index contributed by atoms with van der Waals surface area (Å²) in [4.78, 5) is 0. The molecule has 0 saturated carbocycles. The molecule has 0 saturated heterocycles. The van der Waals surface area contributed by atoms with Crippen molar-refractivity contribution in [3.05, 3.63) is 0 Å². The molecule has 0 fully saturated rings. The van der Waals surface area contributed by atoms with Crippen LogP contribution in [-0.4, -0.2) is 33.6 Å². The van der Waals surface area contributed by atoms with E-state index in [2.05, 4.69) is 30.6 Å². The van der Waals surface area contributed by atoms with Crippen molar-refractivity contribution in [2.24, 2.45) is 0 Å². The molecule has 3 N–H and O–H groups in total. The van der Waals surface area contributed by atoms with Crippen molar-refractivity contribution in [1.82, 2.24) is 0 Å². The Kier molecular flexibility index (Phi) is 12.4. The summed E-state index contributed by atoms with van der Waals surface area (Å²) in [6.07, 6.45) is 5.48. The number of rotatable bonds is 9. The predicted octanol–water partition coefficient (Wildman–Crippen LogP) is 2.24. The largest absolute Gasteiger partial charge is 0.389 e. The van der Waals surface area contributed by atoms with E-state index in [0.717, 1.165) is 12.8 Å². The Labute approximate surface area is 123 Å². The van der Waals surface area contributed by atoms with Gasteiger partial charge in [-0.25, -0.2) is 0 Å². The molecule has 0 aliphatic heterocycles. The van der Waals surface area contributed by atoms with E-state index in [-0.39, 0.29) is 0 Å². The predicted molar refractivity (Wildman–Crippen MR) is 81.9 cm³/mol. The molecule has 0 spiro atoms. The van der Waals surface area contributed by atoms with Crippen LogP contribution in [0.4, 0.5) is 0 Å². The smallest absolute Gasteiger partial charge is 0.141 e. The fourth-order valence-corrected chi connectivity index (χ4v) is 1.72. The molecule has 0 aliphatic rings. The first-order valence-corrected chi connectivity index (χ1v) is 7.67. The van der Waals surface area contributed by atoms with Crippen LogP contribution in [0.15, 0.2) is 0 Å². The first-order chi connectivity index (χ1) is 9.61. The van der Waals surface area contributed by atoms with Gasteiger partial charge in [0.15, 0.2) is 0 Å². The second-order valence-corrected chi connectivity index (χ2v) is 5.03. The van der Waals surface area contributed by atoms with Crippen molar-refractivity contribution in [2.45, 2.75) is 83.5 Å². The Morgan fingerprint density at radius 1 is 0.800 bits per heavy atom. The molecule has 0 amide bonds. The summed E-state index contributed by atoms with van der Waals surface area (Å²) in [6, 6.07) is 0. The van der Waals surface area contributed by atoms with Gasteiger partial charge in [0.25, 0.3) is 0 Å². The molecule has 3 nitrogen and oxygen atoms in total. The molecule has 0 aromatic rings. The van der Waals surface area contributed by atoms with Gasteiger partial charge >= 0.3 is 0 Å². The molecular weight excluding hydrogens is 252 g/mol. The Hall–Kier alpha value is -1.00. The van der Waals surface area contributed by atoms with E-state index in [1.807, 2.05) is 6.92 Å². The summed E-state index contributed by atoms with van der Waals surface area (Å²) in [5.74, 6) is 9.98. The summed E-state index contributed by atoms with van der Waals surface area (Å²) in [6.45, 7) is 4.01. The van der Waals surface area contributed by atoms with Gasteiger partial charge in [0, 0.05) is 0 Å². The highest BCUT2D eigenvalue weighted by Gasteiger charge is 2.12. The third-order valence-electron chi connectivity index (χ3n) is 3.13. The third-order valence-corrected chi connectivity index (χ3v) is 3.13. The van der Waals surface area contributed by atoms with Crippen LogP contribution in [0.1, 0.15) is 65.2 Å². The third kappa shape index (κ3) is 10.9. The maximum Gasteiger partial charge on any atom is 0.141 e. The van der Waals surface area contributed by atoms with Gasteiger partial charge in [0.2, 0.25) is 0 Å². The quantitative estimate of drug-likeness (QED) is 0.448. The summed E-state index contributed by atoms with van der Waals surface area (Å²) in [5, 5.41) is 28.5. The highest BCUT2D eigenvalue weighted by atomic mass is 16.3. The maximum absolute atomic E-state index is 9.73. The SMILES string of the molecule is CCCCCCCC[C@@H](O)[C@H](O)C#CC#C[C@@H](O)CC. The monoisotopic (exact) mass is 280 g/mol. The fraction of sp³-hybridized carbons (Fsp3) is 0.765. The van der Waals surface area contributed by atoms with Gasteiger partial charge in [-0.15, -0.1) is 0 Å². The lowest BCUT2D eigenvalue weighted by Crippen LogP contribution is -2.23. The zero-order chi connectivity index (χ0) is 15.2. The van der Waals surface area contributed by atoms with E-state index in [4.69, 9.17) is 0 Å². The van der Waals surface area contributed by atoms with Crippen molar-refractivity contribution < 1.29 is 15.3 Å².